The number of halogens is 1. The van der Waals surface area contributed by atoms with Crippen molar-refractivity contribution in [1.82, 2.24) is 5.32 Å². The Balaban J connectivity index is 0.00000182. The maximum atomic E-state index is 12.3. The van der Waals surface area contributed by atoms with Crippen molar-refractivity contribution in [2.24, 2.45) is 11.8 Å². The van der Waals surface area contributed by atoms with Crippen LogP contribution in [0.3, 0.4) is 0 Å². The first kappa shape index (κ1) is 17.5. The highest BCUT2D eigenvalue weighted by Gasteiger charge is 2.28. The van der Waals surface area contributed by atoms with Crippen molar-refractivity contribution in [3.63, 3.8) is 0 Å². The average Bonchev–Trinajstić information content (AvgIpc) is 2.98. The standard InChI is InChI=1S/C20H20N2O2.ClH/c1-13(16-11-21-12-16)20(23)22-17-8-6-14(7-9-17)19-10-15-4-2-3-5-18(15)24-19;/h2-10,13,16,21H,11-12H2,1H3,(H,22,23);1H. The van der Waals surface area contributed by atoms with Gasteiger partial charge in [0.2, 0.25) is 5.91 Å². The highest BCUT2D eigenvalue weighted by molar-refractivity contribution is 5.93. The minimum atomic E-state index is 0. The predicted molar refractivity (Wildman–Crippen MR) is 103 cm³/mol. The first-order valence-electron chi connectivity index (χ1n) is 8.31. The van der Waals surface area contributed by atoms with Crippen LogP contribution in [0.1, 0.15) is 6.92 Å². The van der Waals surface area contributed by atoms with E-state index in [4.69, 9.17) is 4.42 Å². The van der Waals surface area contributed by atoms with Gasteiger partial charge in [-0.2, -0.15) is 0 Å². The molecule has 0 aliphatic carbocycles. The highest BCUT2D eigenvalue weighted by Crippen LogP contribution is 2.28. The lowest BCUT2D eigenvalue weighted by Crippen LogP contribution is -2.48. The van der Waals surface area contributed by atoms with E-state index in [-0.39, 0.29) is 24.2 Å². The third kappa shape index (κ3) is 3.55. The second-order valence-corrected chi connectivity index (χ2v) is 6.42. The van der Waals surface area contributed by atoms with Gasteiger partial charge in [-0.25, -0.2) is 0 Å². The van der Waals surface area contributed by atoms with Gasteiger partial charge in [-0.1, -0.05) is 25.1 Å². The Labute approximate surface area is 153 Å². The topological polar surface area (TPSA) is 54.3 Å². The largest absolute Gasteiger partial charge is 0.456 e. The zero-order valence-corrected chi connectivity index (χ0v) is 14.8. The van der Waals surface area contributed by atoms with Crippen molar-refractivity contribution in [3.8, 4) is 11.3 Å². The Hall–Kier alpha value is -2.30. The van der Waals surface area contributed by atoms with Gasteiger partial charge in [-0.3, -0.25) is 4.79 Å². The first-order chi connectivity index (χ1) is 11.7. The lowest BCUT2D eigenvalue weighted by molar-refractivity contribution is -0.121. The van der Waals surface area contributed by atoms with Crippen molar-refractivity contribution < 1.29 is 9.21 Å². The number of hydrogen-bond donors (Lipinski definition) is 2. The fourth-order valence-electron chi connectivity index (χ4n) is 2.98. The third-order valence-electron chi connectivity index (χ3n) is 4.80. The van der Waals surface area contributed by atoms with E-state index >= 15 is 0 Å². The van der Waals surface area contributed by atoms with Gasteiger partial charge in [0.1, 0.15) is 11.3 Å². The SMILES string of the molecule is CC(C(=O)Nc1ccc(-c2cc3ccccc3o2)cc1)C1CNC1.Cl. The van der Waals surface area contributed by atoms with Gasteiger partial charge >= 0.3 is 0 Å². The molecule has 1 amide bonds. The summed E-state index contributed by atoms with van der Waals surface area (Å²) in [6.45, 7) is 3.85. The number of para-hydroxylation sites is 1. The fourth-order valence-corrected chi connectivity index (χ4v) is 2.98. The van der Waals surface area contributed by atoms with Crippen LogP contribution in [-0.2, 0) is 4.79 Å². The van der Waals surface area contributed by atoms with Crippen LogP contribution in [0, 0.1) is 11.8 Å². The van der Waals surface area contributed by atoms with Crippen molar-refractivity contribution in [3.05, 3.63) is 54.6 Å². The number of rotatable bonds is 4. The van der Waals surface area contributed by atoms with Crippen LogP contribution in [-0.4, -0.2) is 19.0 Å². The number of hydrogen-bond acceptors (Lipinski definition) is 3. The summed E-state index contributed by atoms with van der Waals surface area (Å²) in [5, 5.41) is 7.30. The minimum absolute atomic E-state index is 0. The molecule has 2 aromatic carbocycles. The van der Waals surface area contributed by atoms with E-state index < -0.39 is 0 Å². The van der Waals surface area contributed by atoms with E-state index in [0.717, 1.165) is 41.1 Å². The van der Waals surface area contributed by atoms with Crippen LogP contribution in [0.15, 0.2) is 59.0 Å². The number of furan rings is 1. The molecule has 3 aromatic rings. The minimum Gasteiger partial charge on any atom is -0.456 e. The summed E-state index contributed by atoms with van der Waals surface area (Å²) in [5.41, 5.74) is 2.70. The Bertz CT molecular complexity index is 836. The maximum Gasteiger partial charge on any atom is 0.227 e. The van der Waals surface area contributed by atoms with Crippen molar-refractivity contribution in [2.75, 3.05) is 18.4 Å². The molecule has 130 valence electrons. The molecule has 4 rings (SSSR count). The van der Waals surface area contributed by atoms with Gasteiger partial charge in [-0.05, 0) is 55.4 Å². The third-order valence-corrected chi connectivity index (χ3v) is 4.80. The Morgan fingerprint density at radius 2 is 1.88 bits per heavy atom. The average molecular weight is 357 g/mol. The second-order valence-electron chi connectivity index (χ2n) is 6.42. The van der Waals surface area contributed by atoms with Crippen LogP contribution < -0.4 is 10.6 Å². The molecule has 2 N–H and O–H groups in total. The smallest absolute Gasteiger partial charge is 0.227 e. The summed E-state index contributed by atoms with van der Waals surface area (Å²) in [6.07, 6.45) is 0. The number of nitrogens with one attached hydrogen (secondary N) is 2. The molecule has 4 nitrogen and oxygen atoms in total. The summed E-state index contributed by atoms with van der Waals surface area (Å²) in [6, 6.07) is 17.8. The number of anilines is 1. The molecule has 0 radical (unpaired) electrons. The normalized spacial score (nSPS) is 15.2. The molecule has 2 heterocycles. The summed E-state index contributed by atoms with van der Waals surface area (Å²) < 4.78 is 5.87. The second kappa shape index (κ2) is 7.30. The lowest BCUT2D eigenvalue weighted by atomic mass is 9.88. The molecule has 1 atom stereocenters. The van der Waals surface area contributed by atoms with Crippen LogP contribution in [0.25, 0.3) is 22.3 Å². The lowest BCUT2D eigenvalue weighted by Gasteiger charge is -2.31. The van der Waals surface area contributed by atoms with Crippen LogP contribution >= 0.6 is 12.4 Å². The molecule has 1 aliphatic heterocycles. The van der Waals surface area contributed by atoms with E-state index in [0.29, 0.717) is 5.92 Å². The maximum absolute atomic E-state index is 12.3. The molecule has 0 bridgehead atoms. The highest BCUT2D eigenvalue weighted by atomic mass is 35.5. The monoisotopic (exact) mass is 356 g/mol. The van der Waals surface area contributed by atoms with E-state index in [9.17, 15) is 4.79 Å². The molecular weight excluding hydrogens is 336 g/mol. The molecule has 1 aromatic heterocycles. The summed E-state index contributed by atoms with van der Waals surface area (Å²) >= 11 is 0. The van der Waals surface area contributed by atoms with E-state index in [1.807, 2.05) is 61.5 Å². The number of fused-ring (bicyclic) bond motifs is 1. The molecule has 1 unspecified atom stereocenters. The van der Waals surface area contributed by atoms with Crippen LogP contribution in [0.5, 0.6) is 0 Å². The summed E-state index contributed by atoms with van der Waals surface area (Å²) in [4.78, 5) is 12.3. The van der Waals surface area contributed by atoms with Gasteiger partial charge in [-0.15, -0.1) is 12.4 Å². The Kier molecular flexibility index (Phi) is 5.11. The molecule has 1 saturated heterocycles. The Morgan fingerprint density at radius 1 is 1.16 bits per heavy atom. The van der Waals surface area contributed by atoms with E-state index in [1.54, 1.807) is 0 Å². The molecule has 0 saturated carbocycles. The van der Waals surface area contributed by atoms with Gasteiger partial charge in [0.25, 0.3) is 0 Å². The number of amides is 1. The van der Waals surface area contributed by atoms with E-state index in [1.165, 1.54) is 0 Å². The molecule has 5 heteroatoms. The summed E-state index contributed by atoms with van der Waals surface area (Å²) in [7, 11) is 0. The van der Waals surface area contributed by atoms with Gasteiger partial charge in [0.05, 0.1) is 0 Å². The number of carbonyl (C=O) groups excluding carboxylic acids is 1. The molecule has 0 spiro atoms. The zero-order valence-electron chi connectivity index (χ0n) is 14.0. The van der Waals surface area contributed by atoms with Crippen molar-refractivity contribution in [2.45, 2.75) is 6.92 Å². The van der Waals surface area contributed by atoms with Crippen LogP contribution in [0.2, 0.25) is 0 Å². The fraction of sp³-hybridized carbons (Fsp3) is 0.250. The summed E-state index contributed by atoms with van der Waals surface area (Å²) in [5.74, 6) is 1.39. The van der Waals surface area contributed by atoms with Crippen molar-refractivity contribution >= 4 is 35.0 Å². The van der Waals surface area contributed by atoms with Gasteiger partial charge in [0, 0.05) is 22.6 Å². The molecule has 25 heavy (non-hydrogen) atoms. The zero-order chi connectivity index (χ0) is 16.5. The number of carbonyl (C=O) groups is 1. The molecule has 1 aliphatic rings. The molecular formula is C20H21ClN2O2. The number of benzene rings is 2. The quantitative estimate of drug-likeness (QED) is 0.732. The van der Waals surface area contributed by atoms with Crippen LogP contribution in [0.4, 0.5) is 5.69 Å². The van der Waals surface area contributed by atoms with Gasteiger partial charge in [0.15, 0.2) is 0 Å². The van der Waals surface area contributed by atoms with Gasteiger partial charge < -0.3 is 15.1 Å². The first-order valence-corrected chi connectivity index (χ1v) is 8.31. The molecule has 1 fully saturated rings. The Morgan fingerprint density at radius 3 is 2.52 bits per heavy atom. The van der Waals surface area contributed by atoms with Crippen molar-refractivity contribution in [1.29, 1.82) is 0 Å². The van der Waals surface area contributed by atoms with E-state index in [2.05, 4.69) is 10.6 Å². The predicted octanol–water partition coefficient (Wildman–Crippen LogP) is 4.32.